The van der Waals surface area contributed by atoms with E-state index >= 15 is 0 Å². The van der Waals surface area contributed by atoms with Crippen LogP contribution in [-0.2, 0) is 23.8 Å². The van der Waals surface area contributed by atoms with Crippen LogP contribution < -0.4 is 0 Å². The molecule has 0 saturated carbocycles. The van der Waals surface area contributed by atoms with Gasteiger partial charge in [0.05, 0.1) is 39.0 Å². The molecule has 0 bridgehead atoms. The van der Waals surface area contributed by atoms with E-state index in [1.807, 2.05) is 0 Å². The van der Waals surface area contributed by atoms with Gasteiger partial charge in [-0.15, -0.1) is 0 Å². The third kappa shape index (κ3) is 4.16. The molecule has 1 unspecified atom stereocenters. The average molecular weight is 493 g/mol. The molecule has 11 heteroatoms. The smallest absolute Gasteiger partial charge is 0.417 e. The molecule has 2 N–H and O–H groups in total. The number of nitrogens with zero attached hydrogens (tertiary/aromatic N) is 2. The second-order valence-corrected chi connectivity index (χ2v) is 8.22. The number of benzene rings is 2. The maximum absolute atomic E-state index is 13.6. The van der Waals surface area contributed by atoms with Crippen LogP contribution in [0.2, 0.25) is 5.02 Å². The number of carboxylic acid groups (broad SMARTS) is 2. The molecule has 1 aromatic heterocycles. The Balaban J connectivity index is 1.90. The molecule has 34 heavy (non-hydrogen) atoms. The normalized spacial score (nSPS) is 15.6. The van der Waals surface area contributed by atoms with E-state index in [0.29, 0.717) is 11.1 Å². The number of hydrogen-bond acceptors (Lipinski definition) is 4. The van der Waals surface area contributed by atoms with E-state index in [1.54, 1.807) is 0 Å². The van der Waals surface area contributed by atoms with E-state index in [9.17, 15) is 32.7 Å². The summed E-state index contributed by atoms with van der Waals surface area (Å²) in [4.78, 5) is 36.1. The summed E-state index contributed by atoms with van der Waals surface area (Å²) < 4.78 is 41.6. The SMILES string of the molecule is O=C(O)c1ccc(-c2nn(C(=O)c3c(Cl)cccc3C(F)(F)F)c3c2CCC(C(=O)O)C3)cc1. The Labute approximate surface area is 195 Å². The van der Waals surface area contributed by atoms with E-state index in [2.05, 4.69) is 5.10 Å². The molecule has 1 atom stereocenters. The van der Waals surface area contributed by atoms with Crippen LogP contribution in [0.15, 0.2) is 42.5 Å². The number of aromatic nitrogens is 2. The fraction of sp³-hybridized carbons (Fsp3) is 0.217. The van der Waals surface area contributed by atoms with Crippen LogP contribution >= 0.6 is 11.6 Å². The number of carbonyl (C=O) groups is 3. The summed E-state index contributed by atoms with van der Waals surface area (Å²) >= 11 is 6.00. The minimum absolute atomic E-state index is 0.0185. The first kappa shape index (κ1) is 23.5. The standard InChI is InChI=1S/C23H16ClF3N2O5/c24-16-3-1-2-15(23(25,26)27)18(16)20(30)29-17-10-13(22(33)34)8-9-14(17)19(28-29)11-4-6-12(7-5-11)21(31)32/h1-7,13H,8-10H2,(H,31,32)(H,33,34). The largest absolute Gasteiger partial charge is 0.481 e. The molecular weight excluding hydrogens is 477 g/mol. The molecule has 0 radical (unpaired) electrons. The van der Waals surface area contributed by atoms with Crippen molar-refractivity contribution in [2.24, 2.45) is 5.92 Å². The van der Waals surface area contributed by atoms with E-state index in [4.69, 9.17) is 16.7 Å². The van der Waals surface area contributed by atoms with E-state index < -0.39 is 46.1 Å². The van der Waals surface area contributed by atoms with Crippen LogP contribution in [0.4, 0.5) is 13.2 Å². The molecule has 3 aromatic rings. The molecule has 0 aliphatic heterocycles. The summed E-state index contributed by atoms with van der Waals surface area (Å²) in [6.45, 7) is 0. The van der Waals surface area contributed by atoms with Crippen molar-refractivity contribution in [3.05, 3.63) is 75.4 Å². The third-order valence-electron chi connectivity index (χ3n) is 5.75. The van der Waals surface area contributed by atoms with Gasteiger partial charge in [0.15, 0.2) is 0 Å². The van der Waals surface area contributed by atoms with Gasteiger partial charge in [0.1, 0.15) is 0 Å². The number of alkyl halides is 3. The van der Waals surface area contributed by atoms with Gasteiger partial charge in [-0.05, 0) is 37.1 Å². The average Bonchev–Trinajstić information content (AvgIpc) is 3.16. The number of carbonyl (C=O) groups excluding carboxylic acids is 1. The summed E-state index contributed by atoms with van der Waals surface area (Å²) in [6.07, 6.45) is -4.49. The Morgan fingerprint density at radius 2 is 1.74 bits per heavy atom. The number of aromatic carboxylic acids is 1. The number of carboxylic acids is 2. The zero-order valence-corrected chi connectivity index (χ0v) is 18.0. The Kier molecular flexibility index (Phi) is 5.94. The highest BCUT2D eigenvalue weighted by Crippen LogP contribution is 2.38. The van der Waals surface area contributed by atoms with Crippen molar-refractivity contribution in [1.82, 2.24) is 9.78 Å². The molecule has 1 aliphatic carbocycles. The van der Waals surface area contributed by atoms with Crippen molar-refractivity contribution in [3.63, 3.8) is 0 Å². The van der Waals surface area contributed by atoms with Crippen LogP contribution in [0.1, 0.15) is 44.0 Å². The van der Waals surface area contributed by atoms with Gasteiger partial charge in [-0.1, -0.05) is 29.8 Å². The zero-order chi connectivity index (χ0) is 24.8. The van der Waals surface area contributed by atoms with E-state index in [0.717, 1.165) is 22.9 Å². The number of fused-ring (bicyclic) bond motifs is 1. The van der Waals surface area contributed by atoms with Crippen LogP contribution in [0, 0.1) is 5.92 Å². The summed E-state index contributed by atoms with van der Waals surface area (Å²) in [5, 5.41) is 22.4. The molecule has 0 amide bonds. The van der Waals surface area contributed by atoms with Crippen molar-refractivity contribution >= 4 is 29.4 Å². The molecule has 176 valence electrons. The summed E-state index contributed by atoms with van der Waals surface area (Å²) in [7, 11) is 0. The van der Waals surface area contributed by atoms with Crippen LogP contribution in [-0.4, -0.2) is 37.8 Å². The maximum atomic E-state index is 13.6. The molecular formula is C23H16ClF3N2O5. The lowest BCUT2D eigenvalue weighted by atomic mass is 9.85. The second kappa shape index (κ2) is 8.60. The van der Waals surface area contributed by atoms with Crippen molar-refractivity contribution in [1.29, 1.82) is 0 Å². The highest BCUT2D eigenvalue weighted by molar-refractivity contribution is 6.34. The van der Waals surface area contributed by atoms with Crippen LogP contribution in [0.25, 0.3) is 11.3 Å². The van der Waals surface area contributed by atoms with Gasteiger partial charge in [-0.2, -0.15) is 23.0 Å². The first-order valence-corrected chi connectivity index (χ1v) is 10.4. The summed E-state index contributed by atoms with van der Waals surface area (Å²) in [5.74, 6) is -4.20. The van der Waals surface area contributed by atoms with Gasteiger partial charge in [0.2, 0.25) is 0 Å². The summed E-state index contributed by atoms with van der Waals surface area (Å²) in [5.41, 5.74) is -0.575. The van der Waals surface area contributed by atoms with Gasteiger partial charge < -0.3 is 10.2 Å². The second-order valence-electron chi connectivity index (χ2n) is 7.81. The fourth-order valence-corrected chi connectivity index (χ4v) is 4.33. The van der Waals surface area contributed by atoms with Crippen molar-refractivity contribution in [2.45, 2.75) is 25.4 Å². The van der Waals surface area contributed by atoms with Crippen molar-refractivity contribution in [2.75, 3.05) is 0 Å². The van der Waals surface area contributed by atoms with E-state index in [-0.39, 0.29) is 36.2 Å². The molecule has 0 saturated heterocycles. The number of hydrogen-bond donors (Lipinski definition) is 2. The van der Waals surface area contributed by atoms with E-state index in [1.165, 1.54) is 24.3 Å². The monoisotopic (exact) mass is 492 g/mol. The first-order chi connectivity index (χ1) is 16.0. The van der Waals surface area contributed by atoms with Gasteiger partial charge in [-0.25, -0.2) is 4.79 Å². The zero-order valence-electron chi connectivity index (χ0n) is 17.3. The van der Waals surface area contributed by atoms with Gasteiger partial charge >= 0.3 is 18.1 Å². The Morgan fingerprint density at radius 3 is 2.32 bits per heavy atom. The van der Waals surface area contributed by atoms with Gasteiger partial charge in [0.25, 0.3) is 5.91 Å². The third-order valence-corrected chi connectivity index (χ3v) is 6.07. The number of halogens is 4. The predicted molar refractivity (Wildman–Crippen MR) is 114 cm³/mol. The molecule has 4 rings (SSSR count). The summed E-state index contributed by atoms with van der Waals surface area (Å²) in [6, 6.07) is 8.59. The lowest BCUT2D eigenvalue weighted by molar-refractivity contribution is -0.142. The Morgan fingerprint density at radius 1 is 1.06 bits per heavy atom. The first-order valence-electron chi connectivity index (χ1n) is 10.1. The molecule has 1 aliphatic rings. The fourth-order valence-electron chi connectivity index (χ4n) is 4.08. The minimum Gasteiger partial charge on any atom is -0.481 e. The highest BCUT2D eigenvalue weighted by Gasteiger charge is 2.39. The lowest BCUT2D eigenvalue weighted by Crippen LogP contribution is -2.27. The topological polar surface area (TPSA) is 109 Å². The molecule has 0 fully saturated rings. The quantitative estimate of drug-likeness (QED) is 0.541. The molecule has 7 nitrogen and oxygen atoms in total. The number of rotatable bonds is 4. The van der Waals surface area contributed by atoms with Gasteiger partial charge in [0, 0.05) is 17.5 Å². The van der Waals surface area contributed by atoms with Crippen molar-refractivity contribution < 1.29 is 37.8 Å². The predicted octanol–water partition coefficient (Wildman–Crippen LogP) is 4.80. The van der Waals surface area contributed by atoms with Crippen LogP contribution in [0.3, 0.4) is 0 Å². The Hall–Kier alpha value is -3.66. The Bertz CT molecular complexity index is 1320. The minimum atomic E-state index is -4.86. The maximum Gasteiger partial charge on any atom is 0.417 e. The van der Waals surface area contributed by atoms with Crippen molar-refractivity contribution in [3.8, 4) is 11.3 Å². The van der Waals surface area contributed by atoms with Crippen LogP contribution in [0.5, 0.6) is 0 Å². The lowest BCUT2D eigenvalue weighted by Gasteiger charge is -2.20. The highest BCUT2D eigenvalue weighted by atomic mass is 35.5. The molecule has 0 spiro atoms. The number of aliphatic carboxylic acids is 1. The molecule has 2 aromatic carbocycles. The molecule has 1 heterocycles. The van der Waals surface area contributed by atoms with Gasteiger partial charge in [-0.3, -0.25) is 9.59 Å².